The number of fused-ring (bicyclic) bond motifs is 1. The second kappa shape index (κ2) is 5.14. The van der Waals surface area contributed by atoms with Gasteiger partial charge in [0.1, 0.15) is 0 Å². The number of hydrogen-bond acceptors (Lipinski definition) is 3. The SMILES string of the molecule is CSc1c2c(n(C)c1CC(=O)NN)CCCC2. The lowest BCUT2D eigenvalue weighted by molar-refractivity contribution is -0.120. The summed E-state index contributed by atoms with van der Waals surface area (Å²) in [6.45, 7) is 0. The molecule has 0 radical (unpaired) electrons. The van der Waals surface area contributed by atoms with Crippen molar-refractivity contribution in [2.45, 2.75) is 37.0 Å². The molecule has 1 aromatic heterocycles. The molecule has 0 fully saturated rings. The third kappa shape index (κ3) is 2.21. The van der Waals surface area contributed by atoms with E-state index in [-0.39, 0.29) is 5.91 Å². The average molecular weight is 253 g/mol. The van der Waals surface area contributed by atoms with Gasteiger partial charge in [-0.25, -0.2) is 5.84 Å². The number of nitrogens with zero attached hydrogens (tertiary/aromatic N) is 1. The number of amides is 1. The van der Waals surface area contributed by atoms with Crippen LogP contribution in [0.15, 0.2) is 4.90 Å². The minimum atomic E-state index is -0.127. The quantitative estimate of drug-likeness (QED) is 0.368. The monoisotopic (exact) mass is 253 g/mol. The van der Waals surface area contributed by atoms with Gasteiger partial charge in [-0.1, -0.05) is 0 Å². The number of carbonyl (C=O) groups excluding carboxylic acids is 1. The van der Waals surface area contributed by atoms with E-state index < -0.39 is 0 Å². The third-order valence-corrected chi connectivity index (χ3v) is 4.37. The van der Waals surface area contributed by atoms with Crippen LogP contribution in [0, 0.1) is 0 Å². The molecule has 3 N–H and O–H groups in total. The smallest absolute Gasteiger partial charge is 0.239 e. The van der Waals surface area contributed by atoms with Gasteiger partial charge in [0, 0.05) is 23.3 Å². The first kappa shape index (κ1) is 12.5. The second-order valence-corrected chi connectivity index (χ2v) is 5.23. The first-order chi connectivity index (χ1) is 8.19. The second-order valence-electron chi connectivity index (χ2n) is 4.42. The molecule has 1 aliphatic rings. The largest absolute Gasteiger partial charge is 0.350 e. The normalized spacial score (nSPS) is 14.5. The average Bonchev–Trinajstić information content (AvgIpc) is 2.63. The summed E-state index contributed by atoms with van der Waals surface area (Å²) >= 11 is 1.74. The molecule has 1 heterocycles. The molecule has 1 aromatic rings. The molecule has 94 valence electrons. The highest BCUT2D eigenvalue weighted by atomic mass is 32.2. The predicted octanol–water partition coefficient (Wildman–Crippen LogP) is 1.16. The molecule has 1 aliphatic carbocycles. The highest BCUT2D eigenvalue weighted by Crippen LogP contribution is 2.35. The van der Waals surface area contributed by atoms with Crippen LogP contribution < -0.4 is 11.3 Å². The van der Waals surface area contributed by atoms with Crippen molar-refractivity contribution in [1.29, 1.82) is 0 Å². The van der Waals surface area contributed by atoms with Crippen LogP contribution in [0.2, 0.25) is 0 Å². The number of thioether (sulfide) groups is 1. The highest BCUT2D eigenvalue weighted by Gasteiger charge is 2.23. The van der Waals surface area contributed by atoms with Crippen LogP contribution in [0.4, 0.5) is 0 Å². The Labute approximate surface area is 106 Å². The Balaban J connectivity index is 2.43. The van der Waals surface area contributed by atoms with E-state index in [2.05, 4.69) is 23.3 Å². The number of hydrogen-bond donors (Lipinski definition) is 2. The number of carbonyl (C=O) groups is 1. The third-order valence-electron chi connectivity index (χ3n) is 3.48. The van der Waals surface area contributed by atoms with Gasteiger partial charge in [-0.2, -0.15) is 0 Å². The fraction of sp³-hybridized carbons (Fsp3) is 0.583. The van der Waals surface area contributed by atoms with E-state index in [4.69, 9.17) is 5.84 Å². The Morgan fingerprint density at radius 1 is 1.47 bits per heavy atom. The molecule has 0 unspecified atom stereocenters. The van der Waals surface area contributed by atoms with Crippen LogP contribution in [-0.2, 0) is 31.1 Å². The predicted molar refractivity (Wildman–Crippen MR) is 69.9 cm³/mol. The van der Waals surface area contributed by atoms with Gasteiger partial charge in [-0.05, 0) is 37.5 Å². The molecule has 4 nitrogen and oxygen atoms in total. The molecular formula is C12H19N3OS. The maximum atomic E-state index is 11.5. The van der Waals surface area contributed by atoms with E-state index in [0.717, 1.165) is 18.5 Å². The molecule has 0 saturated carbocycles. The van der Waals surface area contributed by atoms with Crippen LogP contribution in [0.1, 0.15) is 29.8 Å². The van der Waals surface area contributed by atoms with E-state index in [0.29, 0.717) is 6.42 Å². The fourth-order valence-electron chi connectivity index (χ4n) is 2.64. The van der Waals surface area contributed by atoms with Crippen LogP contribution in [-0.4, -0.2) is 16.7 Å². The Kier molecular flexibility index (Phi) is 3.79. The zero-order valence-electron chi connectivity index (χ0n) is 10.4. The summed E-state index contributed by atoms with van der Waals surface area (Å²) < 4.78 is 2.19. The van der Waals surface area contributed by atoms with Gasteiger partial charge >= 0.3 is 0 Å². The Hall–Kier alpha value is -0.940. The van der Waals surface area contributed by atoms with Crippen molar-refractivity contribution < 1.29 is 4.79 Å². The zero-order chi connectivity index (χ0) is 12.4. The van der Waals surface area contributed by atoms with Crippen LogP contribution in [0.25, 0.3) is 0 Å². The Morgan fingerprint density at radius 2 is 2.18 bits per heavy atom. The Bertz CT molecular complexity index is 439. The lowest BCUT2D eigenvalue weighted by Gasteiger charge is -2.13. The standard InChI is InChI=1S/C12H19N3OS/c1-15-9-6-4-3-5-8(9)12(17-2)10(15)7-11(16)14-13/h3-7,13H2,1-2H3,(H,14,16). The minimum absolute atomic E-state index is 0.127. The van der Waals surface area contributed by atoms with Crippen molar-refractivity contribution in [1.82, 2.24) is 9.99 Å². The molecule has 0 atom stereocenters. The molecule has 0 bridgehead atoms. The van der Waals surface area contributed by atoms with E-state index in [1.54, 1.807) is 11.8 Å². The van der Waals surface area contributed by atoms with Crippen molar-refractivity contribution in [3.05, 3.63) is 17.0 Å². The molecule has 0 aliphatic heterocycles. The summed E-state index contributed by atoms with van der Waals surface area (Å²) in [5.74, 6) is 5.04. The van der Waals surface area contributed by atoms with E-state index >= 15 is 0 Å². The number of aromatic nitrogens is 1. The van der Waals surface area contributed by atoms with Gasteiger partial charge < -0.3 is 4.57 Å². The summed E-state index contributed by atoms with van der Waals surface area (Å²) in [4.78, 5) is 12.7. The van der Waals surface area contributed by atoms with Crippen molar-refractivity contribution >= 4 is 17.7 Å². The Morgan fingerprint density at radius 3 is 2.82 bits per heavy atom. The fourth-order valence-corrected chi connectivity index (χ4v) is 3.55. The molecule has 0 aromatic carbocycles. The molecule has 1 amide bonds. The van der Waals surface area contributed by atoms with Crippen molar-refractivity contribution in [3.63, 3.8) is 0 Å². The lowest BCUT2D eigenvalue weighted by atomic mass is 9.98. The van der Waals surface area contributed by atoms with Crippen molar-refractivity contribution in [3.8, 4) is 0 Å². The van der Waals surface area contributed by atoms with Crippen LogP contribution >= 0.6 is 11.8 Å². The van der Waals surface area contributed by atoms with Crippen molar-refractivity contribution in [2.24, 2.45) is 12.9 Å². The van der Waals surface area contributed by atoms with Crippen molar-refractivity contribution in [2.75, 3.05) is 6.26 Å². The van der Waals surface area contributed by atoms with E-state index in [1.165, 1.54) is 29.0 Å². The highest BCUT2D eigenvalue weighted by molar-refractivity contribution is 7.98. The summed E-state index contributed by atoms with van der Waals surface area (Å²) in [6, 6.07) is 0. The van der Waals surface area contributed by atoms with Gasteiger partial charge in [0.25, 0.3) is 0 Å². The number of rotatable bonds is 3. The topological polar surface area (TPSA) is 60.0 Å². The molecule has 0 spiro atoms. The maximum Gasteiger partial charge on any atom is 0.239 e. The summed E-state index contributed by atoms with van der Waals surface area (Å²) in [5, 5.41) is 0. The van der Waals surface area contributed by atoms with Crippen LogP contribution in [0.5, 0.6) is 0 Å². The van der Waals surface area contributed by atoms with E-state index in [1.807, 2.05) is 0 Å². The maximum absolute atomic E-state index is 11.5. The number of hydrazine groups is 1. The summed E-state index contributed by atoms with van der Waals surface area (Å²) in [6.07, 6.45) is 7.23. The molecule has 2 rings (SSSR count). The first-order valence-corrected chi connectivity index (χ1v) is 7.14. The van der Waals surface area contributed by atoms with Crippen LogP contribution in [0.3, 0.4) is 0 Å². The van der Waals surface area contributed by atoms with Gasteiger partial charge in [0.15, 0.2) is 0 Å². The molecular weight excluding hydrogens is 234 g/mol. The molecule has 0 saturated heterocycles. The first-order valence-electron chi connectivity index (χ1n) is 5.91. The van der Waals surface area contributed by atoms with Gasteiger partial charge in [0.05, 0.1) is 6.42 Å². The number of nitrogens with two attached hydrogens (primary N) is 1. The van der Waals surface area contributed by atoms with Gasteiger partial charge in [-0.3, -0.25) is 10.2 Å². The molecule has 5 heteroatoms. The van der Waals surface area contributed by atoms with Gasteiger partial charge in [-0.15, -0.1) is 11.8 Å². The number of nitrogens with one attached hydrogen (secondary N) is 1. The van der Waals surface area contributed by atoms with Gasteiger partial charge in [0.2, 0.25) is 5.91 Å². The lowest BCUT2D eigenvalue weighted by Crippen LogP contribution is -2.32. The summed E-state index contributed by atoms with van der Waals surface area (Å²) in [7, 11) is 2.06. The zero-order valence-corrected chi connectivity index (χ0v) is 11.2. The molecule has 17 heavy (non-hydrogen) atoms. The summed E-state index contributed by atoms with van der Waals surface area (Å²) in [5.41, 5.74) is 6.17. The minimum Gasteiger partial charge on any atom is -0.350 e. The van der Waals surface area contributed by atoms with E-state index in [9.17, 15) is 4.79 Å².